The molecule has 0 spiro atoms. The zero-order valence-corrected chi connectivity index (χ0v) is 10.9. The van der Waals surface area contributed by atoms with Gasteiger partial charge in [-0.1, -0.05) is 37.1 Å². The van der Waals surface area contributed by atoms with Gasteiger partial charge < -0.3 is 5.73 Å². The molecule has 1 aliphatic carbocycles. The lowest BCUT2D eigenvalue weighted by atomic mass is 9.92. The molecule has 17 heavy (non-hydrogen) atoms. The van der Waals surface area contributed by atoms with Crippen molar-refractivity contribution in [1.82, 2.24) is 0 Å². The molecular formula is C14H19ClFN. The predicted octanol–water partition coefficient (Wildman–Crippen LogP) is 3.79. The summed E-state index contributed by atoms with van der Waals surface area (Å²) in [6, 6.07) is 5.18. The first-order valence-corrected chi connectivity index (χ1v) is 6.64. The Morgan fingerprint density at radius 2 is 2.24 bits per heavy atom. The van der Waals surface area contributed by atoms with Crippen LogP contribution in [0.15, 0.2) is 18.2 Å². The van der Waals surface area contributed by atoms with E-state index in [9.17, 15) is 4.39 Å². The van der Waals surface area contributed by atoms with Crippen molar-refractivity contribution < 1.29 is 4.39 Å². The number of benzene rings is 1. The molecule has 0 aromatic heterocycles. The van der Waals surface area contributed by atoms with Crippen LogP contribution in [0.1, 0.15) is 31.7 Å². The van der Waals surface area contributed by atoms with Gasteiger partial charge in [0.05, 0.1) is 5.02 Å². The molecule has 0 aliphatic heterocycles. The fraction of sp³-hybridized carbons (Fsp3) is 0.571. The average Bonchev–Trinajstić information content (AvgIpc) is 2.72. The fourth-order valence-corrected chi connectivity index (χ4v) is 2.96. The topological polar surface area (TPSA) is 26.0 Å². The molecule has 2 N–H and O–H groups in total. The molecule has 0 bridgehead atoms. The molecule has 3 atom stereocenters. The highest BCUT2D eigenvalue weighted by atomic mass is 35.5. The maximum Gasteiger partial charge on any atom is 0.145 e. The van der Waals surface area contributed by atoms with E-state index in [4.69, 9.17) is 17.3 Å². The smallest absolute Gasteiger partial charge is 0.145 e. The van der Waals surface area contributed by atoms with Gasteiger partial charge in [-0.15, -0.1) is 0 Å². The quantitative estimate of drug-likeness (QED) is 0.874. The van der Waals surface area contributed by atoms with Crippen molar-refractivity contribution in [2.75, 3.05) is 0 Å². The number of nitrogens with two attached hydrogens (primary N) is 1. The Hall–Kier alpha value is -0.600. The van der Waals surface area contributed by atoms with E-state index in [1.165, 1.54) is 19.3 Å². The average molecular weight is 256 g/mol. The molecule has 3 heteroatoms. The second kappa shape index (κ2) is 5.36. The summed E-state index contributed by atoms with van der Waals surface area (Å²) >= 11 is 5.76. The van der Waals surface area contributed by atoms with Crippen molar-refractivity contribution in [1.29, 1.82) is 0 Å². The van der Waals surface area contributed by atoms with E-state index in [1.54, 1.807) is 18.2 Å². The van der Waals surface area contributed by atoms with Crippen LogP contribution >= 0.6 is 11.6 Å². The summed E-state index contributed by atoms with van der Waals surface area (Å²) in [4.78, 5) is 0. The minimum atomic E-state index is -0.310. The van der Waals surface area contributed by atoms with Crippen molar-refractivity contribution in [3.63, 3.8) is 0 Å². The Morgan fingerprint density at radius 3 is 2.88 bits per heavy atom. The SMILES string of the molecule is CC1CCC(C(N)Cc2cccc(Cl)c2F)C1. The Labute approximate surface area is 107 Å². The van der Waals surface area contributed by atoms with Crippen molar-refractivity contribution in [3.8, 4) is 0 Å². The van der Waals surface area contributed by atoms with Crippen LogP contribution in [0.3, 0.4) is 0 Å². The minimum Gasteiger partial charge on any atom is -0.327 e. The minimum absolute atomic E-state index is 0.0490. The molecule has 0 amide bonds. The van der Waals surface area contributed by atoms with Crippen molar-refractivity contribution in [3.05, 3.63) is 34.6 Å². The monoisotopic (exact) mass is 255 g/mol. The van der Waals surface area contributed by atoms with Crippen LogP contribution in [0.4, 0.5) is 4.39 Å². The first-order valence-electron chi connectivity index (χ1n) is 6.26. The summed E-state index contributed by atoms with van der Waals surface area (Å²) in [5.74, 6) is 0.981. The fourth-order valence-electron chi connectivity index (χ4n) is 2.77. The second-order valence-corrected chi connectivity index (χ2v) is 5.67. The molecule has 1 aromatic rings. The van der Waals surface area contributed by atoms with Gasteiger partial charge in [-0.05, 0) is 42.7 Å². The van der Waals surface area contributed by atoms with E-state index in [-0.39, 0.29) is 16.9 Å². The van der Waals surface area contributed by atoms with Crippen LogP contribution in [-0.4, -0.2) is 6.04 Å². The molecule has 94 valence electrons. The molecular weight excluding hydrogens is 237 g/mol. The highest BCUT2D eigenvalue weighted by Crippen LogP contribution is 2.33. The van der Waals surface area contributed by atoms with E-state index < -0.39 is 0 Å². The molecule has 0 saturated heterocycles. The molecule has 0 radical (unpaired) electrons. The normalized spacial score (nSPS) is 26.1. The van der Waals surface area contributed by atoms with Gasteiger partial charge in [-0.2, -0.15) is 0 Å². The lowest BCUT2D eigenvalue weighted by molar-refractivity contribution is 0.410. The number of hydrogen-bond acceptors (Lipinski definition) is 1. The number of hydrogen-bond donors (Lipinski definition) is 1. The van der Waals surface area contributed by atoms with Crippen LogP contribution in [-0.2, 0) is 6.42 Å². The van der Waals surface area contributed by atoms with E-state index >= 15 is 0 Å². The molecule has 3 unspecified atom stereocenters. The largest absolute Gasteiger partial charge is 0.327 e. The first kappa shape index (κ1) is 12.8. The highest BCUT2D eigenvalue weighted by molar-refractivity contribution is 6.30. The van der Waals surface area contributed by atoms with Gasteiger partial charge in [-0.25, -0.2) is 4.39 Å². The Morgan fingerprint density at radius 1 is 1.47 bits per heavy atom. The van der Waals surface area contributed by atoms with E-state index in [0.717, 1.165) is 5.92 Å². The van der Waals surface area contributed by atoms with Gasteiger partial charge in [0.25, 0.3) is 0 Å². The predicted molar refractivity (Wildman–Crippen MR) is 69.6 cm³/mol. The molecule has 1 aliphatic rings. The Bertz CT molecular complexity index is 394. The third-order valence-corrected chi connectivity index (χ3v) is 4.12. The molecule has 1 nitrogen and oxygen atoms in total. The van der Waals surface area contributed by atoms with Gasteiger partial charge >= 0.3 is 0 Å². The van der Waals surface area contributed by atoms with Crippen LogP contribution in [0.25, 0.3) is 0 Å². The molecule has 1 fully saturated rings. The van der Waals surface area contributed by atoms with Crippen molar-refractivity contribution >= 4 is 11.6 Å². The lowest BCUT2D eigenvalue weighted by Gasteiger charge is -2.19. The standard InChI is InChI=1S/C14H19ClFN/c1-9-5-6-10(7-9)13(17)8-11-3-2-4-12(15)14(11)16/h2-4,9-10,13H,5-8,17H2,1H3. The van der Waals surface area contributed by atoms with Crippen LogP contribution in [0.2, 0.25) is 5.02 Å². The Kier molecular flexibility index (Phi) is 4.05. The molecule has 1 saturated carbocycles. The maximum atomic E-state index is 13.7. The highest BCUT2D eigenvalue weighted by Gasteiger charge is 2.27. The second-order valence-electron chi connectivity index (χ2n) is 5.26. The summed E-state index contributed by atoms with van der Waals surface area (Å²) in [5, 5.41) is 0.189. The number of rotatable bonds is 3. The zero-order valence-electron chi connectivity index (χ0n) is 10.1. The van der Waals surface area contributed by atoms with E-state index in [2.05, 4.69) is 6.92 Å². The zero-order chi connectivity index (χ0) is 12.4. The molecule has 2 rings (SSSR count). The van der Waals surface area contributed by atoms with E-state index in [1.807, 2.05) is 0 Å². The molecule has 0 heterocycles. The lowest BCUT2D eigenvalue weighted by Crippen LogP contribution is -2.31. The third-order valence-electron chi connectivity index (χ3n) is 3.83. The van der Waals surface area contributed by atoms with E-state index in [0.29, 0.717) is 17.9 Å². The Balaban J connectivity index is 2.03. The summed E-state index contributed by atoms with van der Waals surface area (Å²) in [6.45, 7) is 2.26. The maximum absolute atomic E-state index is 13.7. The van der Waals surface area contributed by atoms with Gasteiger partial charge in [0.1, 0.15) is 5.82 Å². The summed E-state index contributed by atoms with van der Waals surface area (Å²) in [5.41, 5.74) is 6.83. The number of halogens is 2. The van der Waals surface area contributed by atoms with Crippen LogP contribution in [0, 0.1) is 17.7 Å². The van der Waals surface area contributed by atoms with Gasteiger partial charge in [0.15, 0.2) is 0 Å². The van der Waals surface area contributed by atoms with Crippen molar-refractivity contribution in [2.45, 2.75) is 38.6 Å². The summed E-state index contributed by atoms with van der Waals surface area (Å²) in [6.07, 6.45) is 4.17. The van der Waals surface area contributed by atoms with Gasteiger partial charge in [0.2, 0.25) is 0 Å². The van der Waals surface area contributed by atoms with Crippen molar-refractivity contribution in [2.24, 2.45) is 17.6 Å². The van der Waals surface area contributed by atoms with Crippen LogP contribution in [0.5, 0.6) is 0 Å². The first-order chi connectivity index (χ1) is 8.08. The van der Waals surface area contributed by atoms with Crippen LogP contribution < -0.4 is 5.73 Å². The summed E-state index contributed by atoms with van der Waals surface area (Å²) in [7, 11) is 0. The van der Waals surface area contributed by atoms with Gasteiger partial charge in [-0.3, -0.25) is 0 Å². The van der Waals surface area contributed by atoms with Gasteiger partial charge in [0, 0.05) is 6.04 Å². The third kappa shape index (κ3) is 2.99. The summed E-state index contributed by atoms with van der Waals surface area (Å²) < 4.78 is 13.7. The molecule has 1 aromatic carbocycles.